The normalized spacial score (nSPS) is 10.1. The van der Waals surface area contributed by atoms with E-state index in [9.17, 15) is 4.79 Å². The van der Waals surface area contributed by atoms with Crippen LogP contribution in [-0.4, -0.2) is 10.7 Å². The number of pyridine rings is 1. The van der Waals surface area contributed by atoms with E-state index in [1.54, 1.807) is 6.07 Å². The number of benzene rings is 1. The lowest BCUT2D eigenvalue weighted by Gasteiger charge is -2.03. The molecule has 0 unspecified atom stereocenters. The van der Waals surface area contributed by atoms with Gasteiger partial charge >= 0.3 is 0 Å². The van der Waals surface area contributed by atoms with Gasteiger partial charge in [-0.2, -0.15) is 5.10 Å². The topological polar surface area (TPSA) is 57.2 Å². The number of nitrogens with one attached hydrogen (secondary N) is 2. The zero-order valence-corrected chi connectivity index (χ0v) is 9.24. The van der Waals surface area contributed by atoms with Gasteiger partial charge in [-0.1, -0.05) is 12.1 Å². The largest absolute Gasteiger partial charge is 0.340 e. The average molecular weight is 215 g/mol. The third-order valence-electron chi connectivity index (χ3n) is 2.14. The molecule has 82 valence electrons. The number of hydrogen-bond acceptors (Lipinski definition) is 3. The molecule has 0 saturated heterocycles. The van der Waals surface area contributed by atoms with Crippen molar-refractivity contribution >= 4 is 22.4 Å². The van der Waals surface area contributed by atoms with E-state index in [4.69, 9.17) is 0 Å². The molecule has 0 amide bonds. The summed E-state index contributed by atoms with van der Waals surface area (Å²) in [7, 11) is 0. The number of para-hydroxylation sites is 1. The third-order valence-corrected chi connectivity index (χ3v) is 2.14. The number of aromatic nitrogens is 1. The molecule has 4 nitrogen and oxygen atoms in total. The van der Waals surface area contributed by atoms with Gasteiger partial charge in [-0.05, 0) is 26.0 Å². The smallest absolute Gasteiger partial charge is 0.191 e. The van der Waals surface area contributed by atoms with Crippen molar-refractivity contribution in [1.29, 1.82) is 0 Å². The summed E-state index contributed by atoms with van der Waals surface area (Å²) in [6.45, 7) is 3.76. The van der Waals surface area contributed by atoms with Gasteiger partial charge in [0, 0.05) is 17.2 Å². The number of aromatic amines is 1. The number of rotatable bonds is 2. The molecular formula is C12H13N3O. The lowest BCUT2D eigenvalue weighted by Crippen LogP contribution is -2.05. The quantitative estimate of drug-likeness (QED) is 0.596. The number of nitrogens with zero attached hydrogens (tertiary/aromatic N) is 1. The van der Waals surface area contributed by atoms with Crippen molar-refractivity contribution < 1.29 is 0 Å². The standard InChI is InChI=1S/C12H13N3O/c1-8(2)14-15-12-7-11(16)9-5-3-4-6-10(9)13-12/h3-7H,1-2H3,(H2,13,15,16). The Labute approximate surface area is 93.0 Å². The first-order chi connectivity index (χ1) is 7.66. The van der Waals surface area contributed by atoms with Crippen LogP contribution < -0.4 is 10.9 Å². The molecule has 0 radical (unpaired) electrons. The second-order valence-corrected chi connectivity index (χ2v) is 3.76. The highest BCUT2D eigenvalue weighted by atomic mass is 16.1. The van der Waals surface area contributed by atoms with E-state index in [1.807, 2.05) is 32.0 Å². The minimum absolute atomic E-state index is 0.0131. The molecule has 4 heteroatoms. The van der Waals surface area contributed by atoms with Gasteiger partial charge in [-0.25, -0.2) is 0 Å². The lowest BCUT2D eigenvalue weighted by atomic mass is 10.2. The van der Waals surface area contributed by atoms with Gasteiger partial charge < -0.3 is 4.98 Å². The molecule has 1 aromatic carbocycles. The SMILES string of the molecule is CC(C)=NNc1cc(=O)c2ccccc2[nH]1. The Morgan fingerprint density at radius 3 is 2.81 bits per heavy atom. The maximum Gasteiger partial charge on any atom is 0.191 e. The number of fused-ring (bicyclic) bond motifs is 1. The molecule has 0 aliphatic heterocycles. The fourth-order valence-corrected chi connectivity index (χ4v) is 1.43. The molecule has 1 aromatic heterocycles. The van der Waals surface area contributed by atoms with Crippen molar-refractivity contribution in [1.82, 2.24) is 4.98 Å². The molecule has 0 spiro atoms. The van der Waals surface area contributed by atoms with Gasteiger partial charge in [0.15, 0.2) is 5.43 Å². The fourth-order valence-electron chi connectivity index (χ4n) is 1.43. The fraction of sp³-hybridized carbons (Fsp3) is 0.167. The Hall–Kier alpha value is -2.10. The summed E-state index contributed by atoms with van der Waals surface area (Å²) in [6.07, 6.45) is 0. The molecule has 0 aliphatic carbocycles. The number of anilines is 1. The third kappa shape index (κ3) is 2.11. The van der Waals surface area contributed by atoms with E-state index in [0.717, 1.165) is 11.2 Å². The van der Waals surface area contributed by atoms with Gasteiger partial charge in [-0.3, -0.25) is 10.2 Å². The Morgan fingerprint density at radius 2 is 2.06 bits per heavy atom. The molecule has 0 fully saturated rings. The van der Waals surface area contributed by atoms with Crippen LogP contribution in [0.4, 0.5) is 5.82 Å². The van der Waals surface area contributed by atoms with Crippen molar-refractivity contribution in [2.75, 3.05) is 5.43 Å². The van der Waals surface area contributed by atoms with Gasteiger partial charge in [0.2, 0.25) is 0 Å². The number of hydrogen-bond donors (Lipinski definition) is 2. The van der Waals surface area contributed by atoms with Crippen LogP contribution in [0.3, 0.4) is 0 Å². The van der Waals surface area contributed by atoms with Gasteiger partial charge in [0.1, 0.15) is 5.82 Å². The average Bonchev–Trinajstić information content (AvgIpc) is 2.26. The minimum Gasteiger partial charge on any atom is -0.340 e. The summed E-state index contributed by atoms with van der Waals surface area (Å²) in [5.41, 5.74) is 4.50. The van der Waals surface area contributed by atoms with Crippen LogP contribution in [0, 0.1) is 0 Å². The second-order valence-electron chi connectivity index (χ2n) is 3.76. The highest BCUT2D eigenvalue weighted by Crippen LogP contribution is 2.09. The molecule has 0 bridgehead atoms. The van der Waals surface area contributed by atoms with Crippen molar-refractivity contribution in [2.24, 2.45) is 5.10 Å². The summed E-state index contributed by atoms with van der Waals surface area (Å²) in [4.78, 5) is 14.8. The van der Waals surface area contributed by atoms with Crippen LogP contribution in [0.5, 0.6) is 0 Å². The van der Waals surface area contributed by atoms with E-state index in [0.29, 0.717) is 11.2 Å². The van der Waals surface area contributed by atoms with E-state index in [2.05, 4.69) is 15.5 Å². The summed E-state index contributed by atoms with van der Waals surface area (Å²) >= 11 is 0. The maximum atomic E-state index is 11.7. The molecule has 0 aliphatic rings. The van der Waals surface area contributed by atoms with Crippen molar-refractivity contribution in [3.63, 3.8) is 0 Å². The van der Waals surface area contributed by atoms with Crippen LogP contribution in [0.25, 0.3) is 10.9 Å². The zero-order valence-electron chi connectivity index (χ0n) is 9.24. The summed E-state index contributed by atoms with van der Waals surface area (Å²) in [5.74, 6) is 0.602. The van der Waals surface area contributed by atoms with Crippen LogP contribution in [-0.2, 0) is 0 Å². The summed E-state index contributed by atoms with van der Waals surface area (Å²) in [6, 6.07) is 8.90. The maximum absolute atomic E-state index is 11.7. The second kappa shape index (κ2) is 4.18. The van der Waals surface area contributed by atoms with E-state index in [-0.39, 0.29) is 5.43 Å². The van der Waals surface area contributed by atoms with E-state index < -0.39 is 0 Å². The Kier molecular flexibility index (Phi) is 2.72. The first-order valence-electron chi connectivity index (χ1n) is 5.06. The van der Waals surface area contributed by atoms with Crippen LogP contribution in [0.15, 0.2) is 40.2 Å². The summed E-state index contributed by atoms with van der Waals surface area (Å²) < 4.78 is 0. The molecule has 0 atom stereocenters. The number of hydrazone groups is 1. The van der Waals surface area contributed by atoms with Crippen LogP contribution >= 0.6 is 0 Å². The van der Waals surface area contributed by atoms with Gasteiger partial charge in [0.25, 0.3) is 0 Å². The van der Waals surface area contributed by atoms with Crippen molar-refractivity contribution in [3.8, 4) is 0 Å². The number of H-pyrrole nitrogens is 1. The highest BCUT2D eigenvalue weighted by molar-refractivity contribution is 5.81. The Morgan fingerprint density at radius 1 is 1.31 bits per heavy atom. The lowest BCUT2D eigenvalue weighted by molar-refractivity contribution is 1.24. The predicted octanol–water partition coefficient (Wildman–Crippen LogP) is 2.34. The van der Waals surface area contributed by atoms with Crippen molar-refractivity contribution in [3.05, 3.63) is 40.6 Å². The van der Waals surface area contributed by atoms with Gasteiger partial charge in [0.05, 0.1) is 5.52 Å². The van der Waals surface area contributed by atoms with Gasteiger partial charge in [-0.15, -0.1) is 0 Å². The molecule has 2 N–H and O–H groups in total. The molecule has 0 saturated carbocycles. The summed E-state index contributed by atoms with van der Waals surface area (Å²) in [5, 5.41) is 4.72. The first-order valence-corrected chi connectivity index (χ1v) is 5.06. The molecule has 2 rings (SSSR count). The zero-order chi connectivity index (χ0) is 11.5. The monoisotopic (exact) mass is 215 g/mol. The molecule has 1 heterocycles. The highest BCUT2D eigenvalue weighted by Gasteiger charge is 1.99. The predicted molar refractivity (Wildman–Crippen MR) is 67.0 cm³/mol. The molecule has 2 aromatic rings. The van der Waals surface area contributed by atoms with E-state index >= 15 is 0 Å². The van der Waals surface area contributed by atoms with Crippen LogP contribution in [0.1, 0.15) is 13.8 Å². The minimum atomic E-state index is -0.0131. The van der Waals surface area contributed by atoms with Crippen LogP contribution in [0.2, 0.25) is 0 Å². The van der Waals surface area contributed by atoms with E-state index in [1.165, 1.54) is 6.07 Å². The first kappa shape index (κ1) is 10.4. The molecule has 16 heavy (non-hydrogen) atoms. The van der Waals surface area contributed by atoms with Crippen molar-refractivity contribution in [2.45, 2.75) is 13.8 Å². The molecular weight excluding hydrogens is 202 g/mol. The Balaban J connectivity index is 2.50. The Bertz CT molecular complexity index is 594.